The summed E-state index contributed by atoms with van der Waals surface area (Å²) in [5, 5.41) is 10.1. The van der Waals surface area contributed by atoms with E-state index in [1.54, 1.807) is 12.4 Å². The summed E-state index contributed by atoms with van der Waals surface area (Å²) in [6.45, 7) is 2.23. The Hall–Kier alpha value is -1.85. The first kappa shape index (κ1) is 15.5. The summed E-state index contributed by atoms with van der Waals surface area (Å²) in [5.41, 5.74) is 1.16. The second-order valence-corrected chi connectivity index (χ2v) is 5.08. The highest BCUT2D eigenvalue weighted by Gasteiger charge is 2.19. The minimum atomic E-state index is -1.01. The third kappa shape index (κ3) is 3.83. The number of nitrogens with zero attached hydrogens (tertiary/aromatic N) is 2. The minimum absolute atomic E-state index is 0.0474. The third-order valence-electron chi connectivity index (χ3n) is 3.63. The first-order chi connectivity index (χ1) is 9.99. The number of rotatable bonds is 5. The van der Waals surface area contributed by atoms with Crippen LogP contribution in [-0.4, -0.2) is 28.6 Å². The van der Waals surface area contributed by atoms with Gasteiger partial charge < -0.3 is 5.11 Å². The average molecular weight is 292 g/mol. The molecule has 112 valence electrons. The van der Waals surface area contributed by atoms with Crippen LogP contribution >= 0.6 is 0 Å². The van der Waals surface area contributed by atoms with Gasteiger partial charge in [0, 0.05) is 36.6 Å². The zero-order valence-electron chi connectivity index (χ0n) is 12.0. The van der Waals surface area contributed by atoms with Crippen molar-refractivity contribution in [1.82, 2.24) is 9.88 Å². The van der Waals surface area contributed by atoms with Crippen molar-refractivity contribution in [3.8, 4) is 0 Å². The summed E-state index contributed by atoms with van der Waals surface area (Å²) >= 11 is 0. The van der Waals surface area contributed by atoms with E-state index in [2.05, 4.69) is 4.98 Å². The molecule has 1 heterocycles. The van der Waals surface area contributed by atoms with Gasteiger partial charge in [0.25, 0.3) is 0 Å². The number of hydrogen-bond donors (Lipinski definition) is 1. The Balaban J connectivity index is 2.06. The lowest BCUT2D eigenvalue weighted by Crippen LogP contribution is -2.28. The molecule has 0 fully saturated rings. The first-order valence-corrected chi connectivity index (χ1v) is 6.72. The SMILES string of the molecule is CC(c1ccncc1)N(C)CC(O)c1ccc(F)cc1F. The van der Waals surface area contributed by atoms with E-state index in [-0.39, 0.29) is 18.2 Å². The second-order valence-electron chi connectivity index (χ2n) is 5.08. The highest BCUT2D eigenvalue weighted by atomic mass is 19.1. The number of aliphatic hydroxyl groups excluding tert-OH is 1. The van der Waals surface area contributed by atoms with Crippen LogP contribution in [0.15, 0.2) is 42.7 Å². The smallest absolute Gasteiger partial charge is 0.131 e. The van der Waals surface area contributed by atoms with Crippen LogP contribution in [0.25, 0.3) is 0 Å². The van der Waals surface area contributed by atoms with Gasteiger partial charge in [0.05, 0.1) is 6.10 Å². The number of hydrogen-bond acceptors (Lipinski definition) is 3. The van der Waals surface area contributed by atoms with Crippen LogP contribution in [0.4, 0.5) is 8.78 Å². The van der Waals surface area contributed by atoms with Gasteiger partial charge in [-0.3, -0.25) is 9.88 Å². The predicted molar refractivity (Wildman–Crippen MR) is 76.6 cm³/mol. The van der Waals surface area contributed by atoms with Gasteiger partial charge in [0.1, 0.15) is 11.6 Å². The molecule has 0 saturated heterocycles. The van der Waals surface area contributed by atoms with Crippen LogP contribution in [0.5, 0.6) is 0 Å². The predicted octanol–water partition coefficient (Wildman–Crippen LogP) is 3.09. The Bertz CT molecular complexity index is 592. The summed E-state index contributed by atoms with van der Waals surface area (Å²) in [6, 6.07) is 7.04. The van der Waals surface area contributed by atoms with E-state index in [9.17, 15) is 13.9 Å². The largest absolute Gasteiger partial charge is 0.387 e. The maximum absolute atomic E-state index is 13.6. The van der Waals surface area contributed by atoms with Crippen LogP contribution in [-0.2, 0) is 0 Å². The summed E-state index contributed by atoms with van der Waals surface area (Å²) in [5.74, 6) is -1.38. The van der Waals surface area contributed by atoms with Gasteiger partial charge in [0.15, 0.2) is 0 Å². The highest BCUT2D eigenvalue weighted by molar-refractivity contribution is 5.21. The van der Waals surface area contributed by atoms with E-state index >= 15 is 0 Å². The van der Waals surface area contributed by atoms with Gasteiger partial charge in [-0.05, 0) is 37.7 Å². The molecule has 2 rings (SSSR count). The molecule has 0 aliphatic carbocycles. The molecule has 0 aliphatic rings. The van der Waals surface area contributed by atoms with Crippen molar-refractivity contribution in [2.45, 2.75) is 19.1 Å². The Kier molecular flexibility index (Phi) is 4.98. The summed E-state index contributed by atoms with van der Waals surface area (Å²) in [6.07, 6.45) is 2.39. The monoisotopic (exact) mass is 292 g/mol. The fourth-order valence-electron chi connectivity index (χ4n) is 2.20. The van der Waals surface area contributed by atoms with Crippen molar-refractivity contribution in [2.24, 2.45) is 0 Å². The summed E-state index contributed by atoms with van der Waals surface area (Å²) in [7, 11) is 1.84. The molecule has 0 saturated carbocycles. The van der Waals surface area contributed by atoms with Gasteiger partial charge in [-0.1, -0.05) is 6.07 Å². The van der Waals surface area contributed by atoms with E-state index in [0.717, 1.165) is 17.7 Å². The third-order valence-corrected chi connectivity index (χ3v) is 3.63. The zero-order chi connectivity index (χ0) is 15.4. The Labute approximate surface area is 122 Å². The fraction of sp³-hybridized carbons (Fsp3) is 0.312. The molecular weight excluding hydrogens is 274 g/mol. The topological polar surface area (TPSA) is 36.4 Å². The summed E-state index contributed by atoms with van der Waals surface area (Å²) in [4.78, 5) is 5.87. The molecule has 1 aromatic heterocycles. The number of benzene rings is 1. The molecule has 2 aromatic rings. The molecule has 1 N–H and O–H groups in total. The van der Waals surface area contributed by atoms with Gasteiger partial charge in [0.2, 0.25) is 0 Å². The first-order valence-electron chi connectivity index (χ1n) is 6.72. The Morgan fingerprint density at radius 1 is 1.19 bits per heavy atom. The Morgan fingerprint density at radius 2 is 1.86 bits per heavy atom. The van der Waals surface area contributed by atoms with Crippen molar-refractivity contribution >= 4 is 0 Å². The molecule has 2 unspecified atom stereocenters. The molecule has 0 aliphatic heterocycles. The lowest BCUT2D eigenvalue weighted by Gasteiger charge is -2.27. The van der Waals surface area contributed by atoms with Crippen LogP contribution < -0.4 is 0 Å². The molecule has 0 radical (unpaired) electrons. The standard InChI is InChI=1S/C16H18F2N2O/c1-11(12-5-7-19-8-6-12)20(2)10-16(21)14-4-3-13(17)9-15(14)18/h3-9,11,16,21H,10H2,1-2H3. The summed E-state index contributed by atoms with van der Waals surface area (Å²) < 4.78 is 26.5. The van der Waals surface area contributed by atoms with Gasteiger partial charge in [-0.2, -0.15) is 0 Å². The van der Waals surface area contributed by atoms with Crippen LogP contribution in [0.2, 0.25) is 0 Å². The van der Waals surface area contributed by atoms with Crippen molar-refractivity contribution < 1.29 is 13.9 Å². The maximum atomic E-state index is 13.6. The lowest BCUT2D eigenvalue weighted by molar-refractivity contribution is 0.105. The molecule has 21 heavy (non-hydrogen) atoms. The number of halogens is 2. The number of aliphatic hydroxyl groups is 1. The van der Waals surface area contributed by atoms with Crippen LogP contribution in [0.1, 0.15) is 30.2 Å². The van der Waals surface area contributed by atoms with Crippen LogP contribution in [0, 0.1) is 11.6 Å². The quantitative estimate of drug-likeness (QED) is 0.920. The van der Waals surface area contributed by atoms with Gasteiger partial charge in [-0.15, -0.1) is 0 Å². The molecule has 3 nitrogen and oxygen atoms in total. The molecule has 0 amide bonds. The lowest BCUT2D eigenvalue weighted by atomic mass is 10.1. The minimum Gasteiger partial charge on any atom is -0.387 e. The van der Waals surface area contributed by atoms with Crippen molar-refractivity contribution in [3.63, 3.8) is 0 Å². The molecule has 1 aromatic carbocycles. The highest BCUT2D eigenvalue weighted by Crippen LogP contribution is 2.23. The van der Waals surface area contributed by atoms with E-state index in [0.29, 0.717) is 0 Å². The molecule has 2 atom stereocenters. The van der Waals surface area contributed by atoms with Crippen molar-refractivity contribution in [3.05, 3.63) is 65.5 Å². The second kappa shape index (κ2) is 6.74. The van der Waals surface area contributed by atoms with E-state index in [4.69, 9.17) is 0 Å². The Morgan fingerprint density at radius 3 is 2.48 bits per heavy atom. The van der Waals surface area contributed by atoms with Crippen molar-refractivity contribution in [2.75, 3.05) is 13.6 Å². The molecule has 0 bridgehead atoms. The molecule has 5 heteroatoms. The number of pyridine rings is 1. The average Bonchev–Trinajstić information content (AvgIpc) is 2.47. The molecule has 0 spiro atoms. The van der Waals surface area contributed by atoms with Gasteiger partial charge in [-0.25, -0.2) is 8.78 Å². The van der Waals surface area contributed by atoms with Gasteiger partial charge >= 0.3 is 0 Å². The fourth-order valence-corrected chi connectivity index (χ4v) is 2.20. The van der Waals surface area contributed by atoms with Crippen molar-refractivity contribution in [1.29, 1.82) is 0 Å². The van der Waals surface area contributed by atoms with E-state index in [1.165, 1.54) is 6.07 Å². The maximum Gasteiger partial charge on any atom is 0.131 e. The molecular formula is C16H18F2N2O. The normalized spacial score (nSPS) is 14.2. The number of likely N-dealkylation sites (N-methyl/N-ethyl adjacent to an activating group) is 1. The zero-order valence-corrected chi connectivity index (χ0v) is 12.0. The van der Waals surface area contributed by atoms with E-state index in [1.807, 2.05) is 31.0 Å². The van der Waals surface area contributed by atoms with Crippen LogP contribution in [0.3, 0.4) is 0 Å². The number of aromatic nitrogens is 1. The van der Waals surface area contributed by atoms with E-state index < -0.39 is 17.7 Å².